The van der Waals surface area contributed by atoms with Crippen molar-refractivity contribution in [1.29, 1.82) is 0 Å². The third kappa shape index (κ3) is 10.6. The number of nitrogens with zero attached hydrogens (tertiary/aromatic N) is 4. The molecule has 0 saturated carbocycles. The van der Waals surface area contributed by atoms with Crippen LogP contribution in [-0.2, 0) is 22.7 Å². The lowest BCUT2D eigenvalue weighted by molar-refractivity contribution is 0.0894. The van der Waals surface area contributed by atoms with Gasteiger partial charge in [-0.15, -0.1) is 0 Å². The Morgan fingerprint density at radius 1 is 0.571 bits per heavy atom. The number of unbranched alkanes of at least 4 members (excludes halogenated alkanes) is 9. The lowest BCUT2D eigenvalue weighted by atomic mass is 10.0. The number of ether oxygens (including phenoxy) is 2. The maximum Gasteiger partial charge on any atom is 0.412 e. The van der Waals surface area contributed by atoms with E-state index in [9.17, 15) is 9.59 Å². The SMILES string of the molecule is O=C(OCc1ccccc1)N1CC=NC1CCCCCCCCCCCCC1N=CCN1C(=O)OCc1ccccc1. The van der Waals surface area contributed by atoms with Gasteiger partial charge in [0.25, 0.3) is 0 Å². The molecule has 0 fully saturated rings. The monoisotopic (exact) mass is 574 g/mol. The first-order valence-corrected chi connectivity index (χ1v) is 15.7. The second-order valence-corrected chi connectivity index (χ2v) is 11.1. The summed E-state index contributed by atoms with van der Waals surface area (Å²) in [5.41, 5.74) is 1.98. The van der Waals surface area contributed by atoms with Gasteiger partial charge in [-0.25, -0.2) is 9.59 Å². The molecule has 0 aliphatic carbocycles. The lowest BCUT2D eigenvalue weighted by Crippen LogP contribution is -2.36. The van der Waals surface area contributed by atoms with Crippen LogP contribution in [0.25, 0.3) is 0 Å². The van der Waals surface area contributed by atoms with Crippen LogP contribution in [0.1, 0.15) is 88.2 Å². The highest BCUT2D eigenvalue weighted by molar-refractivity contribution is 5.76. The van der Waals surface area contributed by atoms with Gasteiger partial charge < -0.3 is 9.47 Å². The number of benzene rings is 2. The summed E-state index contributed by atoms with van der Waals surface area (Å²) in [6.07, 6.45) is 16.7. The molecule has 2 atom stereocenters. The van der Waals surface area contributed by atoms with Crippen LogP contribution in [0.4, 0.5) is 9.59 Å². The van der Waals surface area contributed by atoms with Crippen molar-refractivity contribution in [2.24, 2.45) is 9.98 Å². The van der Waals surface area contributed by atoms with Gasteiger partial charge in [0.15, 0.2) is 0 Å². The molecule has 2 aromatic carbocycles. The van der Waals surface area contributed by atoms with Crippen molar-refractivity contribution in [3.8, 4) is 0 Å². The average molecular weight is 575 g/mol. The molecule has 4 rings (SSSR count). The van der Waals surface area contributed by atoms with Crippen molar-refractivity contribution in [1.82, 2.24) is 9.80 Å². The highest BCUT2D eigenvalue weighted by Crippen LogP contribution is 2.20. The molecule has 0 aromatic heterocycles. The van der Waals surface area contributed by atoms with E-state index in [4.69, 9.17) is 9.47 Å². The summed E-state index contributed by atoms with van der Waals surface area (Å²) in [6.45, 7) is 1.66. The quantitative estimate of drug-likeness (QED) is 0.181. The zero-order chi connectivity index (χ0) is 29.2. The Balaban J connectivity index is 0.958. The Hall–Kier alpha value is -3.68. The van der Waals surface area contributed by atoms with Gasteiger partial charge in [0.05, 0.1) is 13.1 Å². The molecule has 8 heteroatoms. The van der Waals surface area contributed by atoms with Crippen LogP contribution in [0.2, 0.25) is 0 Å². The Morgan fingerprint density at radius 3 is 1.31 bits per heavy atom. The topological polar surface area (TPSA) is 83.8 Å². The standard InChI is InChI=1S/C34H46N4O4/c39-33(41-27-29-17-11-9-12-18-29)37-25-23-35-31(37)21-15-7-5-3-1-2-4-6-8-16-22-32-36-24-26-38(32)34(40)42-28-30-19-13-10-14-20-30/h9-14,17-20,23-24,31-32H,1-8,15-16,21-22,25-28H2. The molecule has 2 unspecified atom stereocenters. The fraction of sp³-hybridized carbons (Fsp3) is 0.529. The highest BCUT2D eigenvalue weighted by atomic mass is 16.6. The summed E-state index contributed by atoms with van der Waals surface area (Å²) in [7, 11) is 0. The fourth-order valence-electron chi connectivity index (χ4n) is 5.44. The van der Waals surface area contributed by atoms with Gasteiger partial charge in [-0.1, -0.05) is 112 Å². The number of carbonyl (C=O) groups is 2. The second kappa shape index (κ2) is 18.0. The van der Waals surface area contributed by atoms with Gasteiger partial charge >= 0.3 is 12.2 Å². The van der Waals surface area contributed by atoms with Crippen molar-refractivity contribution in [3.63, 3.8) is 0 Å². The molecule has 0 bridgehead atoms. The Labute approximate surface area is 250 Å². The van der Waals surface area contributed by atoms with Crippen LogP contribution < -0.4 is 0 Å². The zero-order valence-corrected chi connectivity index (χ0v) is 24.8. The van der Waals surface area contributed by atoms with Crippen molar-refractivity contribution in [2.45, 2.75) is 103 Å². The van der Waals surface area contributed by atoms with Crippen LogP contribution >= 0.6 is 0 Å². The number of amides is 2. The zero-order valence-electron chi connectivity index (χ0n) is 24.8. The largest absolute Gasteiger partial charge is 0.444 e. The van der Waals surface area contributed by atoms with E-state index in [1.165, 1.54) is 51.4 Å². The van der Waals surface area contributed by atoms with Gasteiger partial charge in [-0.05, 0) is 36.8 Å². The molecule has 0 spiro atoms. The van der Waals surface area contributed by atoms with Gasteiger partial charge in [0, 0.05) is 12.4 Å². The average Bonchev–Trinajstić information content (AvgIpc) is 3.70. The molecule has 0 N–H and O–H groups in total. The number of hydrogen-bond acceptors (Lipinski definition) is 6. The van der Waals surface area contributed by atoms with E-state index in [2.05, 4.69) is 9.98 Å². The minimum atomic E-state index is -0.281. The van der Waals surface area contributed by atoms with Crippen molar-refractivity contribution >= 4 is 24.6 Å². The van der Waals surface area contributed by atoms with Crippen LogP contribution in [0.5, 0.6) is 0 Å². The number of carbonyl (C=O) groups excluding carboxylic acids is 2. The van der Waals surface area contributed by atoms with Gasteiger partial charge in [-0.3, -0.25) is 19.8 Å². The lowest BCUT2D eigenvalue weighted by Gasteiger charge is -2.22. The summed E-state index contributed by atoms with van der Waals surface area (Å²) < 4.78 is 11.0. The molecule has 0 saturated heterocycles. The molecular weight excluding hydrogens is 528 g/mol. The number of hydrogen-bond donors (Lipinski definition) is 0. The molecule has 2 amide bonds. The Kier molecular flexibility index (Phi) is 13.4. The predicted octanol–water partition coefficient (Wildman–Crippen LogP) is 7.77. The minimum Gasteiger partial charge on any atom is -0.444 e. The van der Waals surface area contributed by atoms with E-state index in [0.717, 1.165) is 36.8 Å². The first-order chi connectivity index (χ1) is 20.7. The van der Waals surface area contributed by atoms with E-state index < -0.39 is 0 Å². The summed E-state index contributed by atoms with van der Waals surface area (Å²) in [4.78, 5) is 37.5. The van der Waals surface area contributed by atoms with Crippen LogP contribution in [0.15, 0.2) is 70.6 Å². The minimum absolute atomic E-state index is 0.0878. The van der Waals surface area contributed by atoms with Crippen molar-refractivity contribution < 1.29 is 19.1 Å². The number of rotatable bonds is 17. The smallest absolute Gasteiger partial charge is 0.412 e. The molecule has 8 nitrogen and oxygen atoms in total. The third-order valence-corrected chi connectivity index (χ3v) is 7.89. The normalized spacial score (nSPS) is 17.6. The molecule has 226 valence electrons. The summed E-state index contributed by atoms with van der Waals surface area (Å²) >= 11 is 0. The molecule has 2 aromatic rings. The van der Waals surface area contributed by atoms with Gasteiger partial charge in [0.2, 0.25) is 0 Å². The predicted molar refractivity (Wildman–Crippen MR) is 167 cm³/mol. The van der Waals surface area contributed by atoms with Crippen molar-refractivity contribution in [3.05, 3.63) is 71.8 Å². The van der Waals surface area contributed by atoms with Gasteiger partial charge in [0.1, 0.15) is 25.5 Å². The van der Waals surface area contributed by atoms with Gasteiger partial charge in [-0.2, -0.15) is 0 Å². The summed E-state index contributed by atoms with van der Waals surface area (Å²) in [5.74, 6) is 0. The van der Waals surface area contributed by atoms with E-state index in [-0.39, 0.29) is 24.5 Å². The first kappa shape index (κ1) is 31.3. The van der Waals surface area contributed by atoms with E-state index in [0.29, 0.717) is 26.3 Å². The third-order valence-electron chi connectivity index (χ3n) is 7.89. The molecule has 0 radical (unpaired) electrons. The molecule has 42 heavy (non-hydrogen) atoms. The molecule has 2 heterocycles. The molecule has 2 aliphatic heterocycles. The van der Waals surface area contributed by atoms with Crippen LogP contribution in [0.3, 0.4) is 0 Å². The fourth-order valence-corrected chi connectivity index (χ4v) is 5.44. The van der Waals surface area contributed by atoms with Crippen LogP contribution in [-0.4, -0.2) is 59.8 Å². The maximum absolute atomic E-state index is 12.5. The first-order valence-electron chi connectivity index (χ1n) is 15.7. The Morgan fingerprint density at radius 2 is 0.929 bits per heavy atom. The van der Waals surface area contributed by atoms with Crippen LogP contribution in [0, 0.1) is 0 Å². The van der Waals surface area contributed by atoms with Crippen molar-refractivity contribution in [2.75, 3.05) is 13.1 Å². The number of aliphatic imine (C=N–C) groups is 2. The van der Waals surface area contributed by atoms with E-state index in [1.807, 2.05) is 73.1 Å². The maximum atomic E-state index is 12.5. The van der Waals surface area contributed by atoms with E-state index in [1.54, 1.807) is 9.80 Å². The molecular formula is C34H46N4O4. The Bertz CT molecular complexity index is 1040. The van der Waals surface area contributed by atoms with E-state index >= 15 is 0 Å². The molecule has 2 aliphatic rings. The summed E-state index contributed by atoms with van der Waals surface area (Å²) in [6, 6.07) is 19.5. The summed E-state index contributed by atoms with van der Waals surface area (Å²) in [5, 5.41) is 0. The highest BCUT2D eigenvalue weighted by Gasteiger charge is 2.27. The second-order valence-electron chi connectivity index (χ2n) is 11.1.